The molecule has 4 rings (SSSR count). The first-order valence-corrected chi connectivity index (χ1v) is 9.50. The Morgan fingerprint density at radius 1 is 1.17 bits per heavy atom. The Balaban J connectivity index is 0.00000240. The molecular formula is C21H25IN6O. The Labute approximate surface area is 186 Å². The number of aromatic amines is 1. The molecule has 1 aliphatic heterocycles. The van der Waals surface area contributed by atoms with Crippen LogP contribution in [0.15, 0.2) is 53.5 Å². The van der Waals surface area contributed by atoms with Gasteiger partial charge in [-0.1, -0.05) is 30.3 Å². The van der Waals surface area contributed by atoms with Crippen LogP contribution in [0.25, 0.3) is 11.0 Å². The number of hydrogen-bond acceptors (Lipinski definition) is 3. The van der Waals surface area contributed by atoms with Crippen LogP contribution in [0, 0.1) is 0 Å². The highest BCUT2D eigenvalue weighted by Gasteiger charge is 2.24. The molecule has 8 heteroatoms. The van der Waals surface area contributed by atoms with E-state index in [9.17, 15) is 4.79 Å². The van der Waals surface area contributed by atoms with Crippen molar-refractivity contribution in [1.82, 2.24) is 20.6 Å². The number of imidazole rings is 1. The van der Waals surface area contributed by atoms with E-state index in [0.29, 0.717) is 19.5 Å². The molecule has 2 heterocycles. The van der Waals surface area contributed by atoms with Crippen molar-refractivity contribution >= 4 is 52.6 Å². The largest absolute Gasteiger partial charge is 0.356 e. The molecule has 0 spiro atoms. The zero-order valence-electron chi connectivity index (χ0n) is 16.2. The van der Waals surface area contributed by atoms with E-state index in [1.807, 2.05) is 42.5 Å². The SMILES string of the molecule is CN=C(NCCc1nc2ccccc2[nH]1)NCC1CC(=O)Nc2ccccc21.I. The van der Waals surface area contributed by atoms with Crippen LogP contribution >= 0.6 is 24.0 Å². The number of guanidine groups is 1. The minimum atomic E-state index is 0. The standard InChI is InChI=1S/C21H24N6O.HI/c1-22-21(23-11-10-19-25-17-8-4-5-9-18(17)26-19)24-13-14-12-20(28)27-16-7-3-2-6-15(14)16;/h2-9,14H,10-13H2,1H3,(H,25,26)(H,27,28)(H2,22,23,24);1H. The van der Waals surface area contributed by atoms with Gasteiger partial charge in [-0.05, 0) is 23.8 Å². The lowest BCUT2D eigenvalue weighted by atomic mass is 9.90. The molecule has 3 aromatic rings. The number of halogens is 1. The van der Waals surface area contributed by atoms with Gasteiger partial charge < -0.3 is 20.9 Å². The van der Waals surface area contributed by atoms with Crippen LogP contribution in [0.1, 0.15) is 23.7 Å². The van der Waals surface area contributed by atoms with Crippen molar-refractivity contribution in [3.05, 3.63) is 59.9 Å². The van der Waals surface area contributed by atoms with Gasteiger partial charge in [0.05, 0.1) is 11.0 Å². The summed E-state index contributed by atoms with van der Waals surface area (Å²) in [5.74, 6) is 1.85. The zero-order valence-corrected chi connectivity index (χ0v) is 18.6. The third kappa shape index (κ3) is 5.06. The molecule has 0 saturated heterocycles. The van der Waals surface area contributed by atoms with Crippen LogP contribution in [0.5, 0.6) is 0 Å². The van der Waals surface area contributed by atoms with Gasteiger partial charge in [0.25, 0.3) is 0 Å². The zero-order chi connectivity index (χ0) is 19.3. The summed E-state index contributed by atoms with van der Waals surface area (Å²) in [6.45, 7) is 1.36. The topological polar surface area (TPSA) is 94.2 Å². The highest BCUT2D eigenvalue weighted by molar-refractivity contribution is 14.0. The smallest absolute Gasteiger partial charge is 0.225 e. The Morgan fingerprint density at radius 3 is 2.79 bits per heavy atom. The first-order chi connectivity index (χ1) is 13.7. The van der Waals surface area contributed by atoms with Gasteiger partial charge in [0.1, 0.15) is 5.82 Å². The lowest BCUT2D eigenvalue weighted by Gasteiger charge is -2.26. The molecule has 0 aliphatic carbocycles. The number of fused-ring (bicyclic) bond motifs is 2. The van der Waals surface area contributed by atoms with Gasteiger partial charge in [0.2, 0.25) is 5.91 Å². The first-order valence-electron chi connectivity index (χ1n) is 9.50. The second-order valence-electron chi connectivity index (χ2n) is 6.87. The molecule has 1 aromatic heterocycles. The molecule has 0 radical (unpaired) electrons. The van der Waals surface area contributed by atoms with E-state index < -0.39 is 0 Å². The number of anilines is 1. The van der Waals surface area contributed by atoms with Gasteiger partial charge >= 0.3 is 0 Å². The third-order valence-electron chi connectivity index (χ3n) is 4.94. The Morgan fingerprint density at radius 2 is 1.97 bits per heavy atom. The molecular weight excluding hydrogens is 479 g/mol. The number of nitrogens with one attached hydrogen (secondary N) is 4. The highest BCUT2D eigenvalue weighted by Crippen LogP contribution is 2.31. The fourth-order valence-electron chi connectivity index (χ4n) is 3.55. The van der Waals surface area contributed by atoms with Crippen molar-refractivity contribution in [2.45, 2.75) is 18.8 Å². The van der Waals surface area contributed by atoms with Gasteiger partial charge in [-0.15, -0.1) is 24.0 Å². The molecule has 0 fully saturated rings. The number of H-pyrrole nitrogens is 1. The number of rotatable bonds is 5. The van der Waals surface area contributed by atoms with Crippen LogP contribution < -0.4 is 16.0 Å². The number of nitrogens with zero attached hydrogens (tertiary/aromatic N) is 2. The van der Waals surface area contributed by atoms with Crippen molar-refractivity contribution in [3.63, 3.8) is 0 Å². The maximum absolute atomic E-state index is 12.0. The van der Waals surface area contributed by atoms with Crippen LogP contribution in [0.4, 0.5) is 5.69 Å². The molecule has 1 amide bonds. The number of amides is 1. The average Bonchev–Trinajstić information content (AvgIpc) is 3.13. The second-order valence-corrected chi connectivity index (χ2v) is 6.87. The normalized spacial score (nSPS) is 16.0. The maximum Gasteiger partial charge on any atom is 0.225 e. The number of aliphatic imine (C=N–C) groups is 1. The number of carbonyl (C=O) groups excluding carboxylic acids is 1. The fraction of sp³-hybridized carbons (Fsp3) is 0.286. The molecule has 29 heavy (non-hydrogen) atoms. The summed E-state index contributed by atoms with van der Waals surface area (Å²) in [6.07, 6.45) is 1.24. The summed E-state index contributed by atoms with van der Waals surface area (Å²) in [5, 5.41) is 9.59. The van der Waals surface area contributed by atoms with Crippen molar-refractivity contribution in [3.8, 4) is 0 Å². The van der Waals surface area contributed by atoms with Crippen LogP contribution in [-0.2, 0) is 11.2 Å². The van der Waals surface area contributed by atoms with E-state index in [-0.39, 0.29) is 35.8 Å². The van der Waals surface area contributed by atoms with Crippen molar-refractivity contribution in [1.29, 1.82) is 0 Å². The van der Waals surface area contributed by atoms with Crippen molar-refractivity contribution in [2.75, 3.05) is 25.5 Å². The van der Waals surface area contributed by atoms with Crippen LogP contribution in [0.2, 0.25) is 0 Å². The average molecular weight is 504 g/mol. The van der Waals surface area contributed by atoms with E-state index in [0.717, 1.165) is 40.5 Å². The summed E-state index contributed by atoms with van der Waals surface area (Å²) in [6, 6.07) is 16.0. The van der Waals surface area contributed by atoms with Gasteiger partial charge in [0, 0.05) is 44.6 Å². The van der Waals surface area contributed by atoms with E-state index in [4.69, 9.17) is 0 Å². The first kappa shape index (κ1) is 21.1. The molecule has 1 unspecified atom stereocenters. The number of aromatic nitrogens is 2. The van der Waals surface area contributed by atoms with Gasteiger partial charge in [-0.2, -0.15) is 0 Å². The lowest BCUT2D eigenvalue weighted by molar-refractivity contribution is -0.116. The predicted molar refractivity (Wildman–Crippen MR) is 127 cm³/mol. The fourth-order valence-corrected chi connectivity index (χ4v) is 3.55. The molecule has 1 atom stereocenters. The number of benzene rings is 2. The van der Waals surface area contributed by atoms with E-state index in [1.165, 1.54) is 0 Å². The number of hydrogen-bond donors (Lipinski definition) is 4. The van der Waals surface area contributed by atoms with Gasteiger partial charge in [-0.3, -0.25) is 9.79 Å². The number of carbonyl (C=O) groups is 1. The maximum atomic E-state index is 12.0. The quantitative estimate of drug-likeness (QED) is 0.244. The summed E-state index contributed by atoms with van der Waals surface area (Å²) in [4.78, 5) is 24.2. The van der Waals surface area contributed by atoms with E-state index in [2.05, 4.69) is 37.0 Å². The Hall–Kier alpha value is -2.62. The van der Waals surface area contributed by atoms with Crippen molar-refractivity contribution in [2.24, 2.45) is 4.99 Å². The second kappa shape index (κ2) is 9.73. The van der Waals surface area contributed by atoms with E-state index in [1.54, 1.807) is 7.05 Å². The molecule has 152 valence electrons. The Bertz CT molecular complexity index is 982. The molecule has 2 aromatic carbocycles. The Kier molecular flexibility index (Phi) is 7.08. The van der Waals surface area contributed by atoms with Crippen molar-refractivity contribution < 1.29 is 4.79 Å². The molecule has 1 aliphatic rings. The van der Waals surface area contributed by atoms with Gasteiger partial charge in [-0.25, -0.2) is 4.98 Å². The summed E-state index contributed by atoms with van der Waals surface area (Å²) < 4.78 is 0. The molecule has 4 N–H and O–H groups in total. The predicted octanol–water partition coefficient (Wildman–Crippen LogP) is 3.01. The minimum absolute atomic E-state index is 0. The minimum Gasteiger partial charge on any atom is -0.356 e. The highest BCUT2D eigenvalue weighted by atomic mass is 127. The monoisotopic (exact) mass is 504 g/mol. The summed E-state index contributed by atoms with van der Waals surface area (Å²) in [5.41, 5.74) is 4.09. The van der Waals surface area contributed by atoms with Crippen LogP contribution in [-0.4, -0.2) is 42.0 Å². The van der Waals surface area contributed by atoms with Crippen LogP contribution in [0.3, 0.4) is 0 Å². The molecule has 0 bridgehead atoms. The van der Waals surface area contributed by atoms with Gasteiger partial charge in [0.15, 0.2) is 5.96 Å². The summed E-state index contributed by atoms with van der Waals surface area (Å²) >= 11 is 0. The third-order valence-corrected chi connectivity index (χ3v) is 4.94. The molecule has 7 nitrogen and oxygen atoms in total. The molecule has 0 saturated carbocycles. The summed E-state index contributed by atoms with van der Waals surface area (Å²) in [7, 11) is 1.75. The number of para-hydroxylation sites is 3. The van der Waals surface area contributed by atoms with E-state index >= 15 is 0 Å². The lowest BCUT2D eigenvalue weighted by Crippen LogP contribution is -2.41.